The first-order valence-corrected chi connectivity index (χ1v) is 7.81. The van der Waals surface area contributed by atoms with E-state index in [1.54, 1.807) is 0 Å². The van der Waals surface area contributed by atoms with E-state index in [-0.39, 0.29) is 30.2 Å². The summed E-state index contributed by atoms with van der Waals surface area (Å²) in [5.74, 6) is -0.653. The maximum absolute atomic E-state index is 13.0. The van der Waals surface area contributed by atoms with Gasteiger partial charge in [0.15, 0.2) is 9.84 Å². The smallest absolute Gasteiger partial charge is 0.419 e. The molecule has 20 heavy (non-hydrogen) atoms. The predicted octanol–water partition coefficient (Wildman–Crippen LogP) is 1.73. The Labute approximate surface area is 114 Å². The fraction of sp³-hybridized carbons (Fsp3) is 0.500. The molecule has 0 radical (unpaired) electrons. The van der Waals surface area contributed by atoms with E-state index in [4.69, 9.17) is 10.5 Å². The van der Waals surface area contributed by atoms with Gasteiger partial charge in [-0.1, -0.05) is 6.07 Å². The third-order valence-electron chi connectivity index (χ3n) is 3.07. The second kappa shape index (κ2) is 5.25. The average molecular weight is 309 g/mol. The molecule has 0 bridgehead atoms. The van der Waals surface area contributed by atoms with Crippen molar-refractivity contribution in [3.8, 4) is 5.75 Å². The standard InChI is InChI=1S/C12H14F3NO3S/c13-12(14,15)10-5-8(6-16)1-2-11(10)19-9-3-4-20(17,18)7-9/h1-2,5,9H,3-4,6-7,16H2. The van der Waals surface area contributed by atoms with Gasteiger partial charge in [0.05, 0.1) is 17.1 Å². The minimum absolute atomic E-state index is 0.0127. The Morgan fingerprint density at radius 1 is 1.35 bits per heavy atom. The van der Waals surface area contributed by atoms with Crippen LogP contribution in [0, 0.1) is 0 Å². The SMILES string of the molecule is NCc1ccc(OC2CCS(=O)(=O)C2)c(C(F)(F)F)c1. The number of benzene rings is 1. The second-order valence-electron chi connectivity index (χ2n) is 4.68. The molecule has 1 fully saturated rings. The summed E-state index contributed by atoms with van der Waals surface area (Å²) >= 11 is 0. The molecule has 112 valence electrons. The highest BCUT2D eigenvalue weighted by Gasteiger charge is 2.36. The Hall–Kier alpha value is -1.28. The van der Waals surface area contributed by atoms with Gasteiger partial charge in [0.2, 0.25) is 0 Å². The molecule has 1 heterocycles. The first-order chi connectivity index (χ1) is 9.21. The molecular formula is C12H14F3NO3S. The third kappa shape index (κ3) is 3.43. The first kappa shape index (κ1) is 15.1. The van der Waals surface area contributed by atoms with E-state index in [2.05, 4.69) is 0 Å². The highest BCUT2D eigenvalue weighted by molar-refractivity contribution is 7.91. The van der Waals surface area contributed by atoms with Gasteiger partial charge in [0, 0.05) is 6.54 Å². The summed E-state index contributed by atoms with van der Waals surface area (Å²) < 4.78 is 66.7. The molecule has 0 aliphatic carbocycles. The van der Waals surface area contributed by atoms with Crippen molar-refractivity contribution in [3.05, 3.63) is 29.3 Å². The molecule has 1 aromatic rings. The van der Waals surface area contributed by atoms with E-state index in [1.165, 1.54) is 12.1 Å². The van der Waals surface area contributed by atoms with Gasteiger partial charge in [0.25, 0.3) is 0 Å². The van der Waals surface area contributed by atoms with Crippen LogP contribution in [0.1, 0.15) is 17.5 Å². The van der Waals surface area contributed by atoms with Crippen molar-refractivity contribution in [2.45, 2.75) is 25.2 Å². The molecule has 1 aliphatic heterocycles. The lowest BCUT2D eigenvalue weighted by Gasteiger charge is -2.18. The van der Waals surface area contributed by atoms with E-state index in [9.17, 15) is 21.6 Å². The van der Waals surface area contributed by atoms with Crippen molar-refractivity contribution in [2.24, 2.45) is 5.73 Å². The third-order valence-corrected chi connectivity index (χ3v) is 4.81. The highest BCUT2D eigenvalue weighted by Crippen LogP contribution is 2.37. The van der Waals surface area contributed by atoms with Crippen molar-refractivity contribution in [1.82, 2.24) is 0 Å². The van der Waals surface area contributed by atoms with Gasteiger partial charge in [-0.05, 0) is 24.1 Å². The minimum Gasteiger partial charge on any atom is -0.489 e. The molecule has 0 spiro atoms. The van der Waals surface area contributed by atoms with Gasteiger partial charge in [-0.2, -0.15) is 13.2 Å². The van der Waals surface area contributed by atoms with E-state index in [1.807, 2.05) is 0 Å². The molecule has 8 heteroatoms. The number of sulfone groups is 1. The summed E-state index contributed by atoms with van der Waals surface area (Å²) in [5, 5.41) is 0. The average Bonchev–Trinajstić information content (AvgIpc) is 2.68. The molecule has 1 aliphatic rings. The summed E-state index contributed by atoms with van der Waals surface area (Å²) in [5.41, 5.74) is 4.73. The summed E-state index contributed by atoms with van der Waals surface area (Å²) in [6, 6.07) is 3.56. The predicted molar refractivity (Wildman–Crippen MR) is 67.0 cm³/mol. The van der Waals surface area contributed by atoms with Crippen molar-refractivity contribution < 1.29 is 26.3 Å². The molecule has 1 unspecified atom stereocenters. The molecule has 4 nitrogen and oxygen atoms in total. The largest absolute Gasteiger partial charge is 0.489 e. The van der Waals surface area contributed by atoms with Crippen molar-refractivity contribution >= 4 is 9.84 Å². The number of rotatable bonds is 3. The van der Waals surface area contributed by atoms with Crippen molar-refractivity contribution in [2.75, 3.05) is 11.5 Å². The number of halogens is 3. The van der Waals surface area contributed by atoms with Gasteiger partial charge >= 0.3 is 6.18 Å². The van der Waals surface area contributed by atoms with Crippen LogP contribution in [0.4, 0.5) is 13.2 Å². The molecule has 0 aromatic heterocycles. The van der Waals surface area contributed by atoms with E-state index < -0.39 is 27.7 Å². The molecule has 1 saturated heterocycles. The maximum atomic E-state index is 13.0. The monoisotopic (exact) mass is 309 g/mol. The minimum atomic E-state index is -4.57. The van der Waals surface area contributed by atoms with Gasteiger partial charge in [0.1, 0.15) is 11.9 Å². The summed E-state index contributed by atoms with van der Waals surface area (Å²) in [4.78, 5) is 0. The second-order valence-corrected chi connectivity index (χ2v) is 6.90. The number of nitrogens with two attached hydrogens (primary N) is 1. The van der Waals surface area contributed by atoms with Gasteiger partial charge < -0.3 is 10.5 Å². The topological polar surface area (TPSA) is 69.4 Å². The molecule has 2 N–H and O–H groups in total. The summed E-state index contributed by atoms with van der Waals surface area (Å²) in [6.07, 6.45) is -5.10. The Balaban J connectivity index is 2.27. The van der Waals surface area contributed by atoms with E-state index in [0.717, 1.165) is 6.07 Å². The molecule has 1 aromatic carbocycles. The fourth-order valence-corrected chi connectivity index (χ4v) is 3.65. The van der Waals surface area contributed by atoms with Crippen molar-refractivity contribution in [1.29, 1.82) is 0 Å². The molecular weight excluding hydrogens is 295 g/mol. The Morgan fingerprint density at radius 2 is 2.05 bits per heavy atom. The van der Waals surface area contributed by atoms with Crippen molar-refractivity contribution in [3.63, 3.8) is 0 Å². The van der Waals surface area contributed by atoms with Crippen LogP contribution >= 0.6 is 0 Å². The normalized spacial score (nSPS) is 21.9. The van der Waals surface area contributed by atoms with Crippen LogP contribution in [-0.4, -0.2) is 26.0 Å². The number of alkyl halides is 3. The van der Waals surface area contributed by atoms with Crippen LogP contribution in [0.5, 0.6) is 5.75 Å². The molecule has 1 atom stereocenters. The van der Waals surface area contributed by atoms with E-state index >= 15 is 0 Å². The summed E-state index contributed by atoms with van der Waals surface area (Å²) in [6.45, 7) is -0.0127. The van der Waals surface area contributed by atoms with Gasteiger partial charge in [-0.15, -0.1) is 0 Å². The van der Waals surface area contributed by atoms with Crippen LogP contribution in [0.15, 0.2) is 18.2 Å². The molecule has 2 rings (SSSR count). The first-order valence-electron chi connectivity index (χ1n) is 5.98. The number of ether oxygens (including phenoxy) is 1. The zero-order valence-electron chi connectivity index (χ0n) is 10.5. The lowest BCUT2D eigenvalue weighted by atomic mass is 10.1. The van der Waals surface area contributed by atoms with Crippen LogP contribution in [-0.2, 0) is 22.6 Å². The zero-order valence-corrected chi connectivity index (χ0v) is 11.3. The number of hydrogen-bond donors (Lipinski definition) is 1. The molecule has 0 amide bonds. The Bertz CT molecular complexity index is 598. The Kier molecular flexibility index (Phi) is 3.97. The molecule has 0 saturated carbocycles. The van der Waals surface area contributed by atoms with Crippen LogP contribution in [0.25, 0.3) is 0 Å². The van der Waals surface area contributed by atoms with Crippen LogP contribution in [0.3, 0.4) is 0 Å². The zero-order chi connectivity index (χ0) is 15.0. The van der Waals surface area contributed by atoms with Gasteiger partial charge in [-0.3, -0.25) is 0 Å². The Morgan fingerprint density at radius 3 is 2.55 bits per heavy atom. The van der Waals surface area contributed by atoms with E-state index in [0.29, 0.717) is 5.56 Å². The maximum Gasteiger partial charge on any atom is 0.419 e. The van der Waals surface area contributed by atoms with Crippen LogP contribution in [0.2, 0.25) is 0 Å². The quantitative estimate of drug-likeness (QED) is 0.923. The highest BCUT2D eigenvalue weighted by atomic mass is 32.2. The fourth-order valence-electron chi connectivity index (χ4n) is 2.06. The summed E-state index contributed by atoms with van der Waals surface area (Å²) in [7, 11) is -3.20. The number of hydrogen-bond acceptors (Lipinski definition) is 4. The lowest BCUT2D eigenvalue weighted by Crippen LogP contribution is -2.20. The van der Waals surface area contributed by atoms with Crippen LogP contribution < -0.4 is 10.5 Å². The lowest BCUT2D eigenvalue weighted by molar-refractivity contribution is -0.139. The van der Waals surface area contributed by atoms with Gasteiger partial charge in [-0.25, -0.2) is 8.42 Å².